The molecule has 1 N–H and O–H groups in total. The van der Waals surface area contributed by atoms with E-state index in [0.29, 0.717) is 10.8 Å². The van der Waals surface area contributed by atoms with Crippen LogP contribution < -0.4 is 15.2 Å². The molecule has 0 aromatic heterocycles. The maximum absolute atomic E-state index is 12.4. The van der Waals surface area contributed by atoms with Crippen LogP contribution in [0.15, 0.2) is 30.3 Å². The van der Waals surface area contributed by atoms with E-state index in [1.165, 1.54) is 0 Å². The van der Waals surface area contributed by atoms with E-state index < -0.39 is 35.5 Å². The largest absolute Gasteiger partial charge is 0.544 e. The van der Waals surface area contributed by atoms with Gasteiger partial charge in [-0.3, -0.25) is 19.2 Å². The van der Waals surface area contributed by atoms with Gasteiger partial charge in [0.05, 0.1) is 6.42 Å². The highest BCUT2D eigenvalue weighted by atomic mass is 16.7. The number of carboxylic acids is 1. The third-order valence-electron chi connectivity index (χ3n) is 3.91. The Morgan fingerprint density at radius 2 is 2.04 bits per heavy atom. The Morgan fingerprint density at radius 1 is 1.31 bits per heavy atom. The summed E-state index contributed by atoms with van der Waals surface area (Å²) in [6.07, 6.45) is -0.485. The van der Waals surface area contributed by atoms with Gasteiger partial charge in [-0.2, -0.15) is 5.06 Å². The molecular formula is C16H15N2O8-. The summed E-state index contributed by atoms with van der Waals surface area (Å²) in [5, 5.41) is 14.3. The lowest BCUT2D eigenvalue weighted by atomic mass is 10.1. The number of carboxylic acid groups (broad SMARTS) is 1. The summed E-state index contributed by atoms with van der Waals surface area (Å²) in [4.78, 5) is 52.1. The number of carbonyl (C=O) groups excluding carboxylic acids is 4. The number of rotatable bonds is 6. The van der Waals surface area contributed by atoms with Gasteiger partial charge in [-0.1, -0.05) is 18.2 Å². The Hall–Kier alpha value is -3.14. The van der Waals surface area contributed by atoms with Gasteiger partial charge in [0.1, 0.15) is 24.4 Å². The molecule has 26 heavy (non-hydrogen) atoms. The number of nitrogens with zero attached hydrogens (tertiary/aromatic N) is 1. The molecule has 0 radical (unpaired) electrons. The number of hydroxylamine groups is 2. The first kappa shape index (κ1) is 17.7. The van der Waals surface area contributed by atoms with E-state index in [2.05, 4.69) is 5.32 Å². The van der Waals surface area contributed by atoms with Crippen LogP contribution in [-0.2, 0) is 28.8 Å². The van der Waals surface area contributed by atoms with Gasteiger partial charge < -0.3 is 24.7 Å². The van der Waals surface area contributed by atoms with Crippen molar-refractivity contribution in [2.45, 2.75) is 24.6 Å². The maximum atomic E-state index is 12.4. The Morgan fingerprint density at radius 3 is 2.65 bits per heavy atom. The number of hydrogen-bond acceptors (Lipinski definition) is 8. The first-order valence-corrected chi connectivity index (χ1v) is 7.80. The molecular weight excluding hydrogens is 348 g/mol. The summed E-state index contributed by atoms with van der Waals surface area (Å²) in [6, 6.07) is 7.47. The number of para-hydroxylation sites is 1. The number of amides is 2. The molecule has 138 valence electrons. The highest BCUT2D eigenvalue weighted by Crippen LogP contribution is 2.33. The Labute approximate surface area is 147 Å². The summed E-state index contributed by atoms with van der Waals surface area (Å²) in [6.45, 7) is -0.642. The molecule has 0 spiro atoms. The predicted molar refractivity (Wildman–Crippen MR) is 79.7 cm³/mol. The average molecular weight is 363 g/mol. The molecule has 1 aromatic carbocycles. The van der Waals surface area contributed by atoms with Crippen molar-refractivity contribution in [1.29, 1.82) is 0 Å². The zero-order valence-electron chi connectivity index (χ0n) is 13.5. The van der Waals surface area contributed by atoms with Crippen LogP contribution in [0.2, 0.25) is 0 Å². The van der Waals surface area contributed by atoms with Crippen molar-refractivity contribution < 1.29 is 38.6 Å². The number of esters is 1. The number of aliphatic carboxylic acids is 1. The van der Waals surface area contributed by atoms with Crippen LogP contribution in [0, 0.1) is 0 Å². The molecule has 2 heterocycles. The van der Waals surface area contributed by atoms with Crippen molar-refractivity contribution in [2.24, 2.45) is 0 Å². The third-order valence-corrected chi connectivity index (χ3v) is 3.91. The number of ether oxygens (including phenoxy) is 2. The normalized spacial score (nSPS) is 25.1. The molecule has 0 aliphatic carbocycles. The molecule has 2 atom stereocenters. The SMILES string of the molecule is O=C(COc1ccccc1)N[C@H]1CON(C2(C(=O)[O-])CCC(=O)O2)C1=O. The van der Waals surface area contributed by atoms with E-state index in [-0.39, 0.29) is 26.1 Å². The average Bonchev–Trinajstić information content (AvgIpc) is 3.18. The predicted octanol–water partition coefficient (Wildman–Crippen LogP) is -1.89. The highest BCUT2D eigenvalue weighted by Gasteiger charge is 2.54. The second kappa shape index (κ2) is 7.00. The minimum Gasteiger partial charge on any atom is -0.544 e. The highest BCUT2D eigenvalue weighted by molar-refractivity contribution is 5.93. The van der Waals surface area contributed by atoms with Gasteiger partial charge in [-0.15, -0.1) is 0 Å². The summed E-state index contributed by atoms with van der Waals surface area (Å²) in [7, 11) is 0. The van der Waals surface area contributed by atoms with E-state index in [0.717, 1.165) is 0 Å². The van der Waals surface area contributed by atoms with E-state index in [9.17, 15) is 24.3 Å². The van der Waals surface area contributed by atoms with Crippen molar-refractivity contribution in [2.75, 3.05) is 13.2 Å². The van der Waals surface area contributed by atoms with E-state index in [1.54, 1.807) is 30.3 Å². The van der Waals surface area contributed by atoms with Crippen molar-refractivity contribution in [1.82, 2.24) is 10.4 Å². The number of benzene rings is 1. The number of carbonyl (C=O) groups is 4. The zero-order valence-corrected chi connectivity index (χ0v) is 13.5. The van der Waals surface area contributed by atoms with Crippen LogP contribution in [0.1, 0.15) is 12.8 Å². The summed E-state index contributed by atoms with van der Waals surface area (Å²) in [5.74, 6) is -3.52. The minimum absolute atomic E-state index is 0.191. The fourth-order valence-electron chi connectivity index (χ4n) is 2.64. The standard InChI is InChI=1S/C16H16N2O8/c19-12(9-24-10-4-2-1-3-5-10)17-11-8-25-18(14(11)21)16(15(22)23)7-6-13(20)26-16/h1-5,11H,6-9H2,(H,17,19)(H,22,23)/p-1/t11-,16?/m0/s1. The number of cyclic esters (lactones) is 1. The molecule has 0 saturated carbocycles. The molecule has 2 aliphatic heterocycles. The van der Waals surface area contributed by atoms with E-state index >= 15 is 0 Å². The van der Waals surface area contributed by atoms with E-state index in [1.807, 2.05) is 0 Å². The molecule has 1 aromatic rings. The molecule has 2 saturated heterocycles. The zero-order chi connectivity index (χ0) is 18.7. The van der Waals surface area contributed by atoms with Crippen molar-refractivity contribution in [3.8, 4) is 5.75 Å². The van der Waals surface area contributed by atoms with Gasteiger partial charge in [0.15, 0.2) is 6.61 Å². The van der Waals surface area contributed by atoms with Gasteiger partial charge in [-0.05, 0) is 12.1 Å². The lowest BCUT2D eigenvalue weighted by Crippen LogP contribution is -2.61. The summed E-state index contributed by atoms with van der Waals surface area (Å²) < 4.78 is 10.0. The number of hydrogen-bond donors (Lipinski definition) is 1. The van der Waals surface area contributed by atoms with Gasteiger partial charge in [0, 0.05) is 6.42 Å². The molecule has 1 unspecified atom stereocenters. The lowest BCUT2D eigenvalue weighted by Gasteiger charge is -2.35. The smallest absolute Gasteiger partial charge is 0.308 e. The molecule has 10 nitrogen and oxygen atoms in total. The Kier molecular flexibility index (Phi) is 4.76. The molecule has 2 amide bonds. The molecule has 0 bridgehead atoms. The van der Waals surface area contributed by atoms with Crippen LogP contribution in [-0.4, -0.2) is 53.8 Å². The molecule has 3 rings (SSSR count). The second-order valence-electron chi connectivity index (χ2n) is 5.70. The molecule has 10 heteroatoms. The third kappa shape index (κ3) is 3.31. The second-order valence-corrected chi connectivity index (χ2v) is 5.70. The fraction of sp³-hybridized carbons (Fsp3) is 0.375. The van der Waals surface area contributed by atoms with Gasteiger partial charge in [0.2, 0.25) is 0 Å². The topological polar surface area (TPSA) is 134 Å². The summed E-state index contributed by atoms with van der Waals surface area (Å²) >= 11 is 0. The van der Waals surface area contributed by atoms with Crippen LogP contribution in [0.3, 0.4) is 0 Å². The monoisotopic (exact) mass is 363 g/mol. The first-order valence-electron chi connectivity index (χ1n) is 7.80. The van der Waals surface area contributed by atoms with Gasteiger partial charge >= 0.3 is 5.97 Å². The number of nitrogens with one attached hydrogen (secondary N) is 1. The first-order chi connectivity index (χ1) is 12.4. The maximum Gasteiger partial charge on any atom is 0.308 e. The minimum atomic E-state index is -2.31. The van der Waals surface area contributed by atoms with Crippen molar-refractivity contribution in [3.63, 3.8) is 0 Å². The molecule has 2 fully saturated rings. The lowest BCUT2D eigenvalue weighted by molar-refractivity contribution is -0.351. The molecule has 2 aliphatic rings. The van der Waals surface area contributed by atoms with Gasteiger partial charge in [0.25, 0.3) is 17.5 Å². The van der Waals surface area contributed by atoms with Crippen molar-refractivity contribution >= 4 is 23.8 Å². The Bertz CT molecular complexity index is 737. The van der Waals surface area contributed by atoms with Crippen LogP contribution >= 0.6 is 0 Å². The quantitative estimate of drug-likeness (QED) is 0.580. The van der Waals surface area contributed by atoms with Crippen molar-refractivity contribution in [3.05, 3.63) is 30.3 Å². The Balaban J connectivity index is 1.59. The van der Waals surface area contributed by atoms with Gasteiger partial charge in [-0.25, -0.2) is 0 Å². The summed E-state index contributed by atoms with van der Waals surface area (Å²) in [5.41, 5.74) is -2.31. The van der Waals surface area contributed by atoms with Crippen LogP contribution in [0.25, 0.3) is 0 Å². The van der Waals surface area contributed by atoms with Crippen LogP contribution in [0.4, 0.5) is 0 Å². The van der Waals surface area contributed by atoms with E-state index in [4.69, 9.17) is 14.3 Å². The van der Waals surface area contributed by atoms with Crippen LogP contribution in [0.5, 0.6) is 5.75 Å². The fourth-order valence-corrected chi connectivity index (χ4v) is 2.64.